The van der Waals surface area contributed by atoms with Gasteiger partial charge in [-0.2, -0.15) is 0 Å². The summed E-state index contributed by atoms with van der Waals surface area (Å²) in [5, 5.41) is 0. The maximum absolute atomic E-state index is 3.11. The van der Waals surface area contributed by atoms with Gasteiger partial charge in [0.1, 0.15) is 0 Å². The van der Waals surface area contributed by atoms with Crippen LogP contribution in [0.2, 0.25) is 0 Å². The molecule has 0 aliphatic heterocycles. The third-order valence-corrected chi connectivity index (χ3v) is 7.05. The minimum atomic E-state index is 0.484. The van der Waals surface area contributed by atoms with Crippen LogP contribution >= 0.6 is 9.24 Å². The highest BCUT2D eigenvalue weighted by Crippen LogP contribution is 2.57. The van der Waals surface area contributed by atoms with Crippen molar-refractivity contribution >= 4 is 9.24 Å². The van der Waals surface area contributed by atoms with E-state index in [2.05, 4.69) is 64.6 Å². The van der Waals surface area contributed by atoms with Crippen LogP contribution in [0.1, 0.15) is 74.7 Å². The molecule has 114 valence electrons. The third-order valence-electron chi connectivity index (χ3n) is 6.01. The molecule has 0 aromatic heterocycles. The fraction of sp³-hybridized carbons (Fsp3) is 1.00. The first-order chi connectivity index (χ1) is 8.53. The van der Waals surface area contributed by atoms with Crippen LogP contribution in [0, 0.1) is 34.5 Å². The van der Waals surface area contributed by atoms with Gasteiger partial charge in [-0.15, -0.1) is 9.24 Å². The molecule has 5 unspecified atom stereocenters. The molecule has 0 heterocycles. The molecule has 1 fully saturated rings. The maximum Gasteiger partial charge on any atom is -0.0238 e. The van der Waals surface area contributed by atoms with Gasteiger partial charge in [-0.3, -0.25) is 0 Å². The predicted octanol–water partition coefficient (Wildman–Crippen LogP) is 6.01. The zero-order valence-electron chi connectivity index (χ0n) is 14.6. The van der Waals surface area contributed by atoms with Crippen molar-refractivity contribution in [2.75, 3.05) is 0 Å². The Morgan fingerprint density at radius 3 is 1.95 bits per heavy atom. The highest BCUT2D eigenvalue weighted by molar-refractivity contribution is 7.17. The highest BCUT2D eigenvalue weighted by atomic mass is 31.0. The molecule has 0 spiro atoms. The molecule has 19 heavy (non-hydrogen) atoms. The molecule has 0 nitrogen and oxygen atoms in total. The number of hydrogen-bond acceptors (Lipinski definition) is 0. The lowest BCUT2D eigenvalue weighted by Gasteiger charge is -2.56. The number of hydrogen-bond donors (Lipinski definition) is 0. The first kappa shape index (κ1) is 17.5. The van der Waals surface area contributed by atoms with Crippen LogP contribution in [0.25, 0.3) is 0 Å². The van der Waals surface area contributed by atoms with Crippen molar-refractivity contribution in [3.05, 3.63) is 0 Å². The highest BCUT2D eigenvalue weighted by Gasteiger charge is 2.49. The summed E-state index contributed by atoms with van der Waals surface area (Å²) in [6.45, 7) is 19.7. The maximum atomic E-state index is 3.11. The van der Waals surface area contributed by atoms with Crippen molar-refractivity contribution in [2.45, 2.75) is 80.3 Å². The van der Waals surface area contributed by atoms with Crippen molar-refractivity contribution < 1.29 is 0 Å². The molecule has 1 saturated carbocycles. The number of rotatable bonds is 4. The standard InChI is InChI=1S/C18H37P/c1-9-14-13(4)15(10-16(19)12(2)3)18(7,8)11-17(14,5)6/h12-16H,9-11,19H2,1-8H3. The average molecular weight is 284 g/mol. The van der Waals surface area contributed by atoms with E-state index in [4.69, 9.17) is 0 Å². The smallest absolute Gasteiger partial charge is 0.0238 e. The van der Waals surface area contributed by atoms with Gasteiger partial charge < -0.3 is 0 Å². The molecule has 0 aromatic carbocycles. The molecule has 0 bridgehead atoms. The van der Waals surface area contributed by atoms with E-state index in [1.54, 1.807) is 0 Å². The summed E-state index contributed by atoms with van der Waals surface area (Å²) in [4.78, 5) is 0. The molecule has 5 atom stereocenters. The fourth-order valence-electron chi connectivity index (χ4n) is 5.16. The summed E-state index contributed by atoms with van der Waals surface area (Å²) in [5.74, 6) is 3.39. The van der Waals surface area contributed by atoms with E-state index < -0.39 is 0 Å². The Morgan fingerprint density at radius 1 is 1.05 bits per heavy atom. The van der Waals surface area contributed by atoms with Gasteiger partial charge in [-0.1, -0.05) is 61.8 Å². The van der Waals surface area contributed by atoms with Crippen LogP contribution in [0.5, 0.6) is 0 Å². The second-order valence-electron chi connectivity index (χ2n) is 8.78. The van der Waals surface area contributed by atoms with Gasteiger partial charge in [-0.05, 0) is 53.0 Å². The minimum absolute atomic E-state index is 0.484. The van der Waals surface area contributed by atoms with Crippen LogP contribution in [0.4, 0.5) is 0 Å². The predicted molar refractivity (Wildman–Crippen MR) is 91.6 cm³/mol. The summed E-state index contributed by atoms with van der Waals surface area (Å²) >= 11 is 0. The van der Waals surface area contributed by atoms with E-state index in [-0.39, 0.29) is 0 Å². The second-order valence-corrected chi connectivity index (χ2v) is 9.63. The molecule has 0 radical (unpaired) electrons. The van der Waals surface area contributed by atoms with Crippen LogP contribution in [0.15, 0.2) is 0 Å². The molecular weight excluding hydrogens is 247 g/mol. The van der Waals surface area contributed by atoms with Crippen molar-refractivity contribution in [3.8, 4) is 0 Å². The van der Waals surface area contributed by atoms with E-state index in [1.807, 2.05) is 0 Å². The lowest BCUT2D eigenvalue weighted by Crippen LogP contribution is -2.48. The Kier molecular flexibility index (Phi) is 5.56. The summed E-state index contributed by atoms with van der Waals surface area (Å²) < 4.78 is 0. The molecule has 0 amide bonds. The molecule has 1 rings (SSSR count). The zero-order valence-corrected chi connectivity index (χ0v) is 15.7. The van der Waals surface area contributed by atoms with Crippen LogP contribution in [0.3, 0.4) is 0 Å². The van der Waals surface area contributed by atoms with Crippen molar-refractivity contribution in [3.63, 3.8) is 0 Å². The SMILES string of the molecule is CCC1C(C)C(CC(P)C(C)C)C(C)(C)CC1(C)C. The van der Waals surface area contributed by atoms with Crippen LogP contribution in [-0.4, -0.2) is 5.66 Å². The molecule has 1 aliphatic rings. The summed E-state index contributed by atoms with van der Waals surface area (Å²) in [6, 6.07) is 0. The fourth-order valence-corrected chi connectivity index (χ4v) is 5.46. The van der Waals surface area contributed by atoms with Gasteiger partial charge >= 0.3 is 0 Å². The van der Waals surface area contributed by atoms with E-state index in [9.17, 15) is 0 Å². The normalized spacial score (nSPS) is 35.4. The Balaban J connectivity index is 2.96. The van der Waals surface area contributed by atoms with Gasteiger partial charge in [0.15, 0.2) is 0 Å². The monoisotopic (exact) mass is 284 g/mol. The first-order valence-corrected chi connectivity index (χ1v) is 8.95. The first-order valence-electron chi connectivity index (χ1n) is 8.28. The Labute approximate surface area is 124 Å². The van der Waals surface area contributed by atoms with Crippen LogP contribution < -0.4 is 0 Å². The molecule has 0 aromatic rings. The Hall–Kier alpha value is 0.430. The zero-order chi connectivity index (χ0) is 15.0. The van der Waals surface area contributed by atoms with Gasteiger partial charge in [0.2, 0.25) is 0 Å². The topological polar surface area (TPSA) is 0 Å². The van der Waals surface area contributed by atoms with Crippen molar-refractivity contribution in [1.29, 1.82) is 0 Å². The quantitative estimate of drug-likeness (QED) is 0.554. The van der Waals surface area contributed by atoms with Gasteiger partial charge in [0, 0.05) is 0 Å². The largest absolute Gasteiger partial charge is 0.134 e. The van der Waals surface area contributed by atoms with E-state index in [1.165, 1.54) is 19.3 Å². The molecular formula is C18H37P. The summed E-state index contributed by atoms with van der Waals surface area (Å²) in [5.41, 5.74) is 1.76. The molecule has 1 heteroatoms. The summed E-state index contributed by atoms with van der Waals surface area (Å²) in [6.07, 6.45) is 4.09. The van der Waals surface area contributed by atoms with E-state index in [0.29, 0.717) is 10.8 Å². The molecule has 0 saturated heterocycles. The Morgan fingerprint density at radius 2 is 1.53 bits per heavy atom. The third kappa shape index (κ3) is 3.75. The lowest BCUT2D eigenvalue weighted by molar-refractivity contribution is -0.0587. The average Bonchev–Trinajstić information content (AvgIpc) is 2.21. The molecule has 1 aliphatic carbocycles. The molecule has 0 N–H and O–H groups in total. The second kappa shape index (κ2) is 6.05. The van der Waals surface area contributed by atoms with E-state index in [0.717, 1.165) is 29.3 Å². The van der Waals surface area contributed by atoms with Crippen molar-refractivity contribution in [1.82, 2.24) is 0 Å². The van der Waals surface area contributed by atoms with E-state index >= 15 is 0 Å². The van der Waals surface area contributed by atoms with Gasteiger partial charge in [-0.25, -0.2) is 0 Å². The summed E-state index contributed by atoms with van der Waals surface area (Å²) in [7, 11) is 3.11. The van der Waals surface area contributed by atoms with Gasteiger partial charge in [0.05, 0.1) is 0 Å². The Bertz CT molecular complexity index is 290. The lowest BCUT2D eigenvalue weighted by atomic mass is 9.50. The van der Waals surface area contributed by atoms with Crippen molar-refractivity contribution in [2.24, 2.45) is 34.5 Å². The minimum Gasteiger partial charge on any atom is -0.134 e. The van der Waals surface area contributed by atoms with Crippen LogP contribution in [-0.2, 0) is 0 Å². The van der Waals surface area contributed by atoms with Gasteiger partial charge in [0.25, 0.3) is 0 Å².